The van der Waals surface area contributed by atoms with Gasteiger partial charge in [0.2, 0.25) is 5.91 Å². The molecule has 0 saturated heterocycles. The van der Waals surface area contributed by atoms with Crippen LogP contribution in [0.4, 0.5) is 5.82 Å². The molecule has 1 atom stereocenters. The van der Waals surface area contributed by atoms with E-state index in [9.17, 15) is 9.59 Å². The Morgan fingerprint density at radius 2 is 2.10 bits per heavy atom. The molecule has 0 saturated carbocycles. The van der Waals surface area contributed by atoms with E-state index >= 15 is 0 Å². The highest BCUT2D eigenvalue weighted by molar-refractivity contribution is 6.30. The van der Waals surface area contributed by atoms with Crippen LogP contribution >= 0.6 is 11.6 Å². The lowest BCUT2D eigenvalue weighted by atomic mass is 10.0. The predicted octanol–water partition coefficient (Wildman–Crippen LogP) is 1.40. The molecule has 7 heteroatoms. The number of carboxylic acid groups (broad SMARTS) is 1. The number of nitrogens with zero attached hydrogens (tertiary/aromatic N) is 2. The van der Waals surface area contributed by atoms with Crippen molar-refractivity contribution in [3.63, 3.8) is 0 Å². The van der Waals surface area contributed by atoms with Gasteiger partial charge in [0.15, 0.2) is 0 Å². The Labute approximate surface area is 122 Å². The van der Waals surface area contributed by atoms with Crippen molar-refractivity contribution in [3.8, 4) is 0 Å². The summed E-state index contributed by atoms with van der Waals surface area (Å²) in [5.74, 6) is -1.01. The van der Waals surface area contributed by atoms with Gasteiger partial charge in [0.1, 0.15) is 11.9 Å². The van der Waals surface area contributed by atoms with Crippen LogP contribution in [0.25, 0.3) is 0 Å². The maximum Gasteiger partial charge on any atom is 0.326 e. The zero-order valence-electron chi connectivity index (χ0n) is 11.6. The van der Waals surface area contributed by atoms with Crippen molar-refractivity contribution in [3.05, 3.63) is 23.4 Å². The molecule has 0 spiro atoms. The first-order valence-corrected chi connectivity index (χ1v) is 6.54. The van der Waals surface area contributed by atoms with Gasteiger partial charge < -0.3 is 15.3 Å². The van der Waals surface area contributed by atoms with E-state index < -0.39 is 12.0 Å². The van der Waals surface area contributed by atoms with Crippen LogP contribution in [-0.4, -0.2) is 41.6 Å². The first-order valence-electron chi connectivity index (χ1n) is 6.16. The molecule has 1 aromatic heterocycles. The van der Waals surface area contributed by atoms with Gasteiger partial charge in [0.25, 0.3) is 0 Å². The number of aromatic nitrogens is 1. The quantitative estimate of drug-likeness (QED) is 0.829. The molecule has 0 aromatic carbocycles. The van der Waals surface area contributed by atoms with Crippen LogP contribution < -0.4 is 10.2 Å². The minimum atomic E-state index is -1.04. The van der Waals surface area contributed by atoms with Gasteiger partial charge in [-0.2, -0.15) is 0 Å². The van der Waals surface area contributed by atoms with Crippen molar-refractivity contribution >= 4 is 29.3 Å². The highest BCUT2D eigenvalue weighted by Crippen LogP contribution is 2.12. The maximum atomic E-state index is 11.8. The van der Waals surface area contributed by atoms with E-state index in [1.165, 1.54) is 6.20 Å². The second-order valence-corrected chi connectivity index (χ2v) is 5.25. The lowest BCUT2D eigenvalue weighted by Gasteiger charge is -2.21. The van der Waals surface area contributed by atoms with Gasteiger partial charge in [-0.1, -0.05) is 25.4 Å². The molecule has 1 rings (SSSR count). The first-order chi connectivity index (χ1) is 9.31. The lowest BCUT2D eigenvalue weighted by Crippen LogP contribution is -2.47. The summed E-state index contributed by atoms with van der Waals surface area (Å²) >= 11 is 5.74. The van der Waals surface area contributed by atoms with Crippen LogP contribution in [0.5, 0.6) is 0 Å². The fourth-order valence-electron chi connectivity index (χ4n) is 1.62. The Balaban J connectivity index is 2.61. The molecule has 2 N–H and O–H groups in total. The normalized spacial score (nSPS) is 12.1. The molecule has 1 amide bonds. The molecule has 1 aromatic rings. The molecule has 0 aliphatic heterocycles. The van der Waals surface area contributed by atoms with Crippen LogP contribution in [0, 0.1) is 5.92 Å². The number of anilines is 1. The third-order valence-electron chi connectivity index (χ3n) is 2.73. The minimum Gasteiger partial charge on any atom is -0.480 e. The monoisotopic (exact) mass is 299 g/mol. The summed E-state index contributed by atoms with van der Waals surface area (Å²) in [4.78, 5) is 28.6. The van der Waals surface area contributed by atoms with Gasteiger partial charge in [-0.15, -0.1) is 0 Å². The number of carbonyl (C=O) groups is 2. The Kier molecular flexibility index (Phi) is 5.76. The van der Waals surface area contributed by atoms with Crippen molar-refractivity contribution in [1.82, 2.24) is 10.3 Å². The zero-order chi connectivity index (χ0) is 15.3. The van der Waals surface area contributed by atoms with Crippen LogP contribution in [0.1, 0.15) is 13.8 Å². The maximum absolute atomic E-state index is 11.8. The molecule has 6 nitrogen and oxygen atoms in total. The van der Waals surface area contributed by atoms with E-state index in [0.717, 1.165) is 0 Å². The summed E-state index contributed by atoms with van der Waals surface area (Å²) in [5.41, 5.74) is 0. The van der Waals surface area contributed by atoms with Gasteiger partial charge in [0, 0.05) is 13.2 Å². The number of nitrogens with one attached hydrogen (secondary N) is 1. The van der Waals surface area contributed by atoms with Gasteiger partial charge in [-0.25, -0.2) is 9.78 Å². The Hall–Kier alpha value is -1.82. The average Bonchev–Trinajstić information content (AvgIpc) is 2.35. The third kappa shape index (κ3) is 4.70. The Morgan fingerprint density at radius 1 is 1.45 bits per heavy atom. The number of pyridine rings is 1. The van der Waals surface area contributed by atoms with Gasteiger partial charge in [-0.3, -0.25) is 4.79 Å². The molecule has 0 radical (unpaired) electrons. The van der Waals surface area contributed by atoms with Crippen LogP contribution in [0.2, 0.25) is 5.02 Å². The van der Waals surface area contributed by atoms with Crippen molar-refractivity contribution in [1.29, 1.82) is 0 Å². The minimum absolute atomic E-state index is 0.0190. The molecule has 20 heavy (non-hydrogen) atoms. The van der Waals surface area contributed by atoms with Crippen LogP contribution in [-0.2, 0) is 9.59 Å². The Morgan fingerprint density at radius 3 is 2.55 bits per heavy atom. The number of carbonyl (C=O) groups excluding carboxylic acids is 1. The molecular weight excluding hydrogens is 282 g/mol. The molecule has 0 bridgehead atoms. The van der Waals surface area contributed by atoms with Gasteiger partial charge in [-0.05, 0) is 18.1 Å². The fourth-order valence-corrected chi connectivity index (χ4v) is 1.73. The Bertz CT molecular complexity index is 476. The molecule has 1 heterocycles. The molecule has 0 fully saturated rings. The number of hydrogen-bond donors (Lipinski definition) is 2. The largest absolute Gasteiger partial charge is 0.480 e. The van der Waals surface area contributed by atoms with E-state index in [4.69, 9.17) is 16.7 Å². The van der Waals surface area contributed by atoms with Crippen molar-refractivity contribution in [2.24, 2.45) is 5.92 Å². The summed E-state index contributed by atoms with van der Waals surface area (Å²) in [5, 5.41) is 12.0. The summed E-state index contributed by atoms with van der Waals surface area (Å²) in [6.07, 6.45) is 1.49. The molecule has 0 aliphatic rings. The van der Waals surface area contributed by atoms with E-state index in [1.54, 1.807) is 37.9 Å². The summed E-state index contributed by atoms with van der Waals surface area (Å²) in [7, 11) is 1.70. The molecule has 110 valence electrons. The number of likely N-dealkylation sites (N-methyl/N-ethyl adjacent to an activating group) is 1. The van der Waals surface area contributed by atoms with E-state index in [-0.39, 0.29) is 18.4 Å². The number of aliphatic carboxylic acids is 1. The number of halogens is 1. The van der Waals surface area contributed by atoms with E-state index in [1.807, 2.05) is 0 Å². The fraction of sp³-hybridized carbons (Fsp3) is 0.462. The summed E-state index contributed by atoms with van der Waals surface area (Å²) in [6, 6.07) is 2.47. The first kappa shape index (κ1) is 16.2. The predicted molar refractivity (Wildman–Crippen MR) is 76.9 cm³/mol. The molecule has 0 aliphatic carbocycles. The summed E-state index contributed by atoms with van der Waals surface area (Å²) < 4.78 is 0. The SMILES string of the molecule is CC(C)[C@H](NC(=O)CN(C)c1ccc(Cl)cn1)C(=O)O. The topological polar surface area (TPSA) is 82.5 Å². The highest BCUT2D eigenvalue weighted by atomic mass is 35.5. The lowest BCUT2D eigenvalue weighted by molar-refractivity contribution is -0.142. The number of carboxylic acids is 1. The third-order valence-corrected chi connectivity index (χ3v) is 2.96. The molecule has 0 unspecified atom stereocenters. The smallest absolute Gasteiger partial charge is 0.326 e. The van der Waals surface area contributed by atoms with Crippen LogP contribution in [0.15, 0.2) is 18.3 Å². The number of amides is 1. The summed E-state index contributed by atoms with van der Waals surface area (Å²) in [6.45, 7) is 3.50. The number of rotatable bonds is 6. The zero-order valence-corrected chi connectivity index (χ0v) is 12.4. The standard InChI is InChI=1S/C13H18ClN3O3/c1-8(2)12(13(19)20)16-11(18)7-17(3)10-5-4-9(14)6-15-10/h4-6,8,12H,7H2,1-3H3,(H,16,18)(H,19,20)/t12-/m0/s1. The van der Waals surface area contributed by atoms with Crippen LogP contribution in [0.3, 0.4) is 0 Å². The second kappa shape index (κ2) is 7.09. The van der Waals surface area contributed by atoms with E-state index in [2.05, 4.69) is 10.3 Å². The average molecular weight is 300 g/mol. The molecular formula is C13H18ClN3O3. The highest BCUT2D eigenvalue weighted by Gasteiger charge is 2.23. The van der Waals surface area contributed by atoms with E-state index in [0.29, 0.717) is 10.8 Å². The second-order valence-electron chi connectivity index (χ2n) is 4.82. The van der Waals surface area contributed by atoms with Gasteiger partial charge in [0.05, 0.1) is 11.6 Å². The van der Waals surface area contributed by atoms with Crippen molar-refractivity contribution < 1.29 is 14.7 Å². The van der Waals surface area contributed by atoms with Crippen molar-refractivity contribution in [2.45, 2.75) is 19.9 Å². The van der Waals surface area contributed by atoms with Gasteiger partial charge >= 0.3 is 5.97 Å². The number of hydrogen-bond acceptors (Lipinski definition) is 4. The van der Waals surface area contributed by atoms with Crippen molar-refractivity contribution in [2.75, 3.05) is 18.5 Å².